The Labute approximate surface area is 135 Å². The average molecular weight is 347 g/mol. The Balaban J connectivity index is 2.91. The first-order chi connectivity index (χ1) is 10.9. The summed E-state index contributed by atoms with van der Waals surface area (Å²) in [5, 5.41) is 14.0. The van der Waals surface area contributed by atoms with Gasteiger partial charge >= 0.3 is 0 Å². The second-order valence-corrected chi connectivity index (χ2v) is 6.37. The lowest BCUT2D eigenvalue weighted by Gasteiger charge is -2.10. The lowest BCUT2D eigenvalue weighted by molar-refractivity contribution is -0.384. The summed E-state index contributed by atoms with van der Waals surface area (Å²) >= 11 is 0. The van der Waals surface area contributed by atoms with Crippen LogP contribution in [0, 0.1) is 10.1 Å². The predicted octanol–water partition coefficient (Wildman–Crippen LogP) is 0.968. The van der Waals surface area contributed by atoms with Crippen molar-refractivity contribution in [2.45, 2.75) is 11.3 Å². The molecule has 0 fully saturated rings. The van der Waals surface area contributed by atoms with E-state index in [-0.39, 0.29) is 22.8 Å². The number of ether oxygens (including phenoxy) is 2. The summed E-state index contributed by atoms with van der Waals surface area (Å²) < 4.78 is 36.3. The lowest BCUT2D eigenvalue weighted by Crippen LogP contribution is -2.25. The van der Waals surface area contributed by atoms with Crippen LogP contribution in [0.15, 0.2) is 23.1 Å². The molecule has 0 bridgehead atoms. The monoisotopic (exact) mass is 347 g/mol. The molecule has 0 saturated carbocycles. The smallest absolute Gasteiger partial charge is 0.293 e. The molecule has 1 aromatic rings. The highest BCUT2D eigenvalue weighted by atomic mass is 32.2. The van der Waals surface area contributed by atoms with Crippen LogP contribution in [0.3, 0.4) is 0 Å². The largest absolute Gasteiger partial charge is 0.385 e. The number of rotatable bonds is 11. The van der Waals surface area contributed by atoms with Gasteiger partial charge in [-0.1, -0.05) is 0 Å². The summed E-state index contributed by atoms with van der Waals surface area (Å²) in [6.45, 7) is 1.36. The number of anilines is 1. The lowest BCUT2D eigenvalue weighted by atomic mass is 10.2. The second-order valence-electron chi connectivity index (χ2n) is 4.60. The van der Waals surface area contributed by atoms with Crippen LogP contribution in [0.2, 0.25) is 0 Å². The van der Waals surface area contributed by atoms with Crippen LogP contribution in [-0.4, -0.2) is 53.9 Å². The minimum atomic E-state index is -3.80. The third kappa shape index (κ3) is 6.10. The van der Waals surface area contributed by atoms with Gasteiger partial charge in [-0.2, -0.15) is 0 Å². The predicted molar refractivity (Wildman–Crippen MR) is 85.1 cm³/mol. The number of nitro benzene ring substituents is 1. The minimum absolute atomic E-state index is 0.154. The van der Waals surface area contributed by atoms with E-state index in [4.69, 9.17) is 9.47 Å². The molecule has 0 radical (unpaired) electrons. The van der Waals surface area contributed by atoms with Crippen LogP contribution in [-0.2, 0) is 19.5 Å². The quantitative estimate of drug-likeness (QED) is 0.347. The van der Waals surface area contributed by atoms with E-state index in [1.165, 1.54) is 26.4 Å². The van der Waals surface area contributed by atoms with Gasteiger partial charge in [0.05, 0.1) is 16.4 Å². The van der Waals surface area contributed by atoms with Gasteiger partial charge in [-0.3, -0.25) is 10.1 Å². The Bertz CT molecular complexity index is 620. The molecular formula is C13H21N3O6S. The van der Waals surface area contributed by atoms with Crippen molar-refractivity contribution in [3.05, 3.63) is 28.3 Å². The molecule has 0 aliphatic rings. The Hall–Kier alpha value is -1.75. The van der Waals surface area contributed by atoms with Gasteiger partial charge in [-0.25, -0.2) is 13.1 Å². The van der Waals surface area contributed by atoms with Crippen molar-refractivity contribution in [1.29, 1.82) is 0 Å². The minimum Gasteiger partial charge on any atom is -0.385 e. The third-order valence-corrected chi connectivity index (χ3v) is 4.37. The third-order valence-electron chi connectivity index (χ3n) is 2.92. The van der Waals surface area contributed by atoms with Gasteiger partial charge in [0, 0.05) is 40.0 Å². The zero-order valence-electron chi connectivity index (χ0n) is 13.1. The van der Waals surface area contributed by atoms with E-state index in [1.54, 1.807) is 0 Å². The summed E-state index contributed by atoms with van der Waals surface area (Å²) in [6, 6.07) is 3.73. The fourth-order valence-corrected chi connectivity index (χ4v) is 2.87. The van der Waals surface area contributed by atoms with E-state index < -0.39 is 14.9 Å². The van der Waals surface area contributed by atoms with E-state index in [0.717, 1.165) is 6.07 Å². The molecule has 0 heterocycles. The number of hydrogen-bond donors (Lipinski definition) is 2. The van der Waals surface area contributed by atoms with Gasteiger partial charge in [0.25, 0.3) is 5.69 Å². The van der Waals surface area contributed by atoms with Crippen LogP contribution >= 0.6 is 0 Å². The topological polar surface area (TPSA) is 120 Å². The maximum Gasteiger partial charge on any atom is 0.293 e. The molecule has 10 heteroatoms. The highest BCUT2D eigenvalue weighted by Crippen LogP contribution is 2.27. The normalized spacial score (nSPS) is 11.4. The first-order valence-electron chi connectivity index (χ1n) is 6.92. The van der Waals surface area contributed by atoms with Crippen LogP contribution in [0.25, 0.3) is 0 Å². The van der Waals surface area contributed by atoms with E-state index in [2.05, 4.69) is 10.0 Å². The van der Waals surface area contributed by atoms with Gasteiger partial charge in [0.1, 0.15) is 5.69 Å². The van der Waals surface area contributed by atoms with Crippen LogP contribution in [0.5, 0.6) is 0 Å². The summed E-state index contributed by atoms with van der Waals surface area (Å²) in [5.41, 5.74) is -0.0637. The molecule has 0 amide bonds. The molecule has 1 rings (SSSR count). The number of benzene rings is 1. The Morgan fingerprint density at radius 3 is 2.48 bits per heavy atom. The van der Waals surface area contributed by atoms with Crippen LogP contribution < -0.4 is 10.0 Å². The van der Waals surface area contributed by atoms with Gasteiger partial charge < -0.3 is 14.8 Å². The molecule has 0 spiro atoms. The van der Waals surface area contributed by atoms with Crippen molar-refractivity contribution in [2.24, 2.45) is 0 Å². The van der Waals surface area contributed by atoms with Crippen molar-refractivity contribution in [2.75, 3.05) is 45.8 Å². The molecule has 0 atom stereocenters. The summed E-state index contributed by atoms with van der Waals surface area (Å²) in [4.78, 5) is 10.4. The number of nitrogens with zero attached hydrogens (tertiary/aromatic N) is 1. The second kappa shape index (κ2) is 9.40. The SMILES string of the molecule is COCCCNS(=O)(=O)c1ccc(NCCOC)c([N+](=O)[O-])c1. The first-order valence-corrected chi connectivity index (χ1v) is 8.40. The number of nitrogens with one attached hydrogen (secondary N) is 2. The molecule has 23 heavy (non-hydrogen) atoms. The molecule has 0 unspecified atom stereocenters. The highest BCUT2D eigenvalue weighted by Gasteiger charge is 2.21. The molecule has 0 aromatic heterocycles. The van der Waals surface area contributed by atoms with Crippen LogP contribution in [0.4, 0.5) is 11.4 Å². The highest BCUT2D eigenvalue weighted by molar-refractivity contribution is 7.89. The molecule has 0 aliphatic carbocycles. The molecular weight excluding hydrogens is 326 g/mol. The Morgan fingerprint density at radius 2 is 1.87 bits per heavy atom. The number of methoxy groups -OCH3 is 2. The molecule has 2 N–H and O–H groups in total. The fraction of sp³-hybridized carbons (Fsp3) is 0.538. The first kappa shape index (κ1) is 19.3. The zero-order valence-corrected chi connectivity index (χ0v) is 13.9. The number of sulfonamides is 1. The van der Waals surface area contributed by atoms with Crippen molar-refractivity contribution in [3.63, 3.8) is 0 Å². The molecule has 0 aliphatic heterocycles. The van der Waals surface area contributed by atoms with E-state index in [0.29, 0.717) is 26.2 Å². The van der Waals surface area contributed by atoms with Crippen molar-refractivity contribution >= 4 is 21.4 Å². The van der Waals surface area contributed by atoms with Gasteiger partial charge in [-0.05, 0) is 18.6 Å². The summed E-state index contributed by atoms with van der Waals surface area (Å²) in [5.74, 6) is 0. The number of hydrogen-bond acceptors (Lipinski definition) is 7. The number of nitro groups is 1. The molecule has 130 valence electrons. The summed E-state index contributed by atoms with van der Waals surface area (Å²) in [7, 11) is -0.765. The van der Waals surface area contributed by atoms with Gasteiger partial charge in [0.2, 0.25) is 10.0 Å². The maximum atomic E-state index is 12.1. The Kier molecular flexibility index (Phi) is 7.89. The van der Waals surface area contributed by atoms with Crippen LogP contribution in [0.1, 0.15) is 6.42 Å². The van der Waals surface area contributed by atoms with Crippen molar-refractivity contribution in [3.8, 4) is 0 Å². The zero-order chi connectivity index (χ0) is 17.3. The summed E-state index contributed by atoms with van der Waals surface area (Å²) in [6.07, 6.45) is 0.508. The van der Waals surface area contributed by atoms with Gasteiger partial charge in [-0.15, -0.1) is 0 Å². The van der Waals surface area contributed by atoms with E-state index >= 15 is 0 Å². The van der Waals surface area contributed by atoms with Crippen molar-refractivity contribution in [1.82, 2.24) is 4.72 Å². The van der Waals surface area contributed by atoms with E-state index in [1.807, 2.05) is 0 Å². The fourth-order valence-electron chi connectivity index (χ4n) is 1.77. The standard InChI is InChI=1S/C13H21N3O6S/c1-21-8-3-6-15-23(19,20)11-4-5-12(14-7-9-22-2)13(10-11)16(17)18/h4-5,10,14-15H,3,6-9H2,1-2H3. The maximum absolute atomic E-state index is 12.1. The van der Waals surface area contributed by atoms with Gasteiger partial charge in [0.15, 0.2) is 0 Å². The average Bonchev–Trinajstić information content (AvgIpc) is 2.52. The Morgan fingerprint density at radius 1 is 1.17 bits per heavy atom. The molecule has 0 saturated heterocycles. The van der Waals surface area contributed by atoms with E-state index in [9.17, 15) is 18.5 Å². The molecule has 1 aromatic carbocycles. The van der Waals surface area contributed by atoms with Crippen molar-refractivity contribution < 1.29 is 22.8 Å². The molecule has 9 nitrogen and oxygen atoms in total.